The minimum absolute atomic E-state index is 0.248. The van der Waals surface area contributed by atoms with Crippen LogP contribution in [0.15, 0.2) is 60.7 Å². The van der Waals surface area contributed by atoms with Gasteiger partial charge in [0, 0.05) is 30.9 Å². The Morgan fingerprint density at radius 3 is 2.57 bits per heavy atom. The number of carbonyl (C=O) groups is 2. The molecular weight excluding hydrogens is 446 g/mol. The summed E-state index contributed by atoms with van der Waals surface area (Å²) >= 11 is 0. The van der Waals surface area contributed by atoms with E-state index in [0.717, 1.165) is 25.1 Å². The molecule has 0 bridgehead atoms. The predicted octanol–water partition coefficient (Wildman–Crippen LogP) is 4.23. The number of fused-ring (bicyclic) bond motifs is 1. The number of carbonyl (C=O) groups excluding carboxylic acids is 2. The summed E-state index contributed by atoms with van der Waals surface area (Å²) in [4.78, 5) is 27.3. The van der Waals surface area contributed by atoms with Gasteiger partial charge in [-0.15, -0.1) is 0 Å². The Bertz CT molecular complexity index is 1230. The lowest BCUT2D eigenvalue weighted by atomic mass is 10.00. The third-order valence-corrected chi connectivity index (χ3v) is 5.86. The molecule has 8 nitrogen and oxygen atoms in total. The molecule has 2 N–H and O–H groups in total. The fraction of sp³-hybridized carbons (Fsp3) is 0.259. The molecule has 35 heavy (non-hydrogen) atoms. The molecule has 182 valence electrons. The van der Waals surface area contributed by atoms with Gasteiger partial charge in [0.25, 0.3) is 5.91 Å². The first-order chi connectivity index (χ1) is 16.9. The second-order valence-corrected chi connectivity index (χ2v) is 8.39. The van der Waals surface area contributed by atoms with Crippen LogP contribution < -0.4 is 24.8 Å². The molecule has 0 aliphatic carbocycles. The first-order valence-electron chi connectivity index (χ1n) is 11.3. The molecule has 3 aromatic carbocycles. The first-order valence-corrected chi connectivity index (χ1v) is 11.3. The molecule has 0 spiro atoms. The van der Waals surface area contributed by atoms with Crippen molar-refractivity contribution in [1.82, 2.24) is 10.2 Å². The van der Waals surface area contributed by atoms with Gasteiger partial charge in [0.2, 0.25) is 0 Å². The van der Waals surface area contributed by atoms with Crippen molar-refractivity contribution in [2.24, 2.45) is 0 Å². The third kappa shape index (κ3) is 6.10. The van der Waals surface area contributed by atoms with Gasteiger partial charge >= 0.3 is 6.09 Å². The standard InChI is InChI=1S/C27H29N3O5/c1-30-12-11-19-7-9-23(14-21(19)17-30)35-27(32)29-22-6-4-5-18(13-22)16-28-26(31)20-8-10-24(33-2)25(15-20)34-3/h4-10,13-15H,11-12,16-17H2,1-3H3,(H,28,31)(H,29,32). The largest absolute Gasteiger partial charge is 0.493 e. The van der Waals surface area contributed by atoms with E-state index in [1.54, 1.807) is 37.4 Å². The molecule has 4 rings (SSSR count). The van der Waals surface area contributed by atoms with Gasteiger partial charge in [-0.2, -0.15) is 0 Å². The second kappa shape index (κ2) is 10.9. The quantitative estimate of drug-likeness (QED) is 0.532. The van der Waals surface area contributed by atoms with E-state index in [1.807, 2.05) is 30.3 Å². The average molecular weight is 476 g/mol. The molecule has 1 aliphatic rings. The monoisotopic (exact) mass is 475 g/mol. The number of ether oxygens (including phenoxy) is 3. The molecule has 1 heterocycles. The fourth-order valence-corrected chi connectivity index (χ4v) is 4.01. The summed E-state index contributed by atoms with van der Waals surface area (Å²) in [6.45, 7) is 2.15. The minimum atomic E-state index is -0.569. The number of likely N-dealkylation sites (N-methyl/N-ethyl adjacent to an activating group) is 1. The number of benzene rings is 3. The summed E-state index contributed by atoms with van der Waals surface area (Å²) in [5, 5.41) is 5.63. The summed E-state index contributed by atoms with van der Waals surface area (Å²) in [6, 6.07) is 18.0. The van der Waals surface area contributed by atoms with E-state index in [2.05, 4.69) is 22.6 Å². The van der Waals surface area contributed by atoms with E-state index in [-0.39, 0.29) is 12.5 Å². The Morgan fingerprint density at radius 2 is 1.77 bits per heavy atom. The summed E-state index contributed by atoms with van der Waals surface area (Å²) in [7, 11) is 5.14. The minimum Gasteiger partial charge on any atom is -0.493 e. The van der Waals surface area contributed by atoms with E-state index < -0.39 is 6.09 Å². The Hall–Kier alpha value is -4.04. The van der Waals surface area contributed by atoms with Gasteiger partial charge in [-0.3, -0.25) is 10.1 Å². The zero-order valence-electron chi connectivity index (χ0n) is 20.1. The van der Waals surface area contributed by atoms with Gasteiger partial charge < -0.3 is 24.4 Å². The average Bonchev–Trinajstić information content (AvgIpc) is 2.86. The van der Waals surface area contributed by atoms with Crippen molar-refractivity contribution in [2.45, 2.75) is 19.5 Å². The highest BCUT2D eigenvalue weighted by atomic mass is 16.6. The van der Waals surface area contributed by atoms with Crippen LogP contribution in [0.25, 0.3) is 0 Å². The molecular formula is C27H29N3O5. The number of hydrogen-bond acceptors (Lipinski definition) is 6. The molecule has 0 fully saturated rings. The smallest absolute Gasteiger partial charge is 0.417 e. The Kier molecular flexibility index (Phi) is 7.52. The molecule has 0 unspecified atom stereocenters. The van der Waals surface area contributed by atoms with Crippen molar-refractivity contribution >= 4 is 17.7 Å². The Balaban J connectivity index is 1.34. The number of rotatable bonds is 7. The molecule has 1 aliphatic heterocycles. The maximum atomic E-state index is 12.6. The van der Waals surface area contributed by atoms with Crippen molar-refractivity contribution < 1.29 is 23.8 Å². The highest BCUT2D eigenvalue weighted by molar-refractivity contribution is 5.95. The van der Waals surface area contributed by atoms with Gasteiger partial charge in [0.1, 0.15) is 5.75 Å². The third-order valence-electron chi connectivity index (χ3n) is 5.86. The van der Waals surface area contributed by atoms with Crippen molar-refractivity contribution in [1.29, 1.82) is 0 Å². The zero-order valence-corrected chi connectivity index (χ0v) is 20.1. The van der Waals surface area contributed by atoms with E-state index in [4.69, 9.17) is 14.2 Å². The molecule has 0 radical (unpaired) electrons. The van der Waals surface area contributed by atoms with E-state index in [9.17, 15) is 9.59 Å². The van der Waals surface area contributed by atoms with Gasteiger partial charge in [-0.25, -0.2) is 4.79 Å². The highest BCUT2D eigenvalue weighted by Crippen LogP contribution is 2.27. The lowest BCUT2D eigenvalue weighted by Crippen LogP contribution is -2.26. The predicted molar refractivity (Wildman–Crippen MR) is 133 cm³/mol. The fourth-order valence-electron chi connectivity index (χ4n) is 4.01. The van der Waals surface area contributed by atoms with Gasteiger partial charge in [-0.1, -0.05) is 18.2 Å². The molecule has 0 saturated heterocycles. The highest BCUT2D eigenvalue weighted by Gasteiger charge is 2.15. The second-order valence-electron chi connectivity index (χ2n) is 8.39. The number of anilines is 1. The van der Waals surface area contributed by atoms with Crippen LogP contribution in [-0.4, -0.2) is 44.7 Å². The Morgan fingerprint density at radius 1 is 0.943 bits per heavy atom. The number of nitrogens with zero attached hydrogens (tertiary/aromatic N) is 1. The number of hydrogen-bond donors (Lipinski definition) is 2. The molecule has 0 aromatic heterocycles. The molecule has 8 heteroatoms. The van der Waals surface area contributed by atoms with Crippen molar-refractivity contribution in [3.63, 3.8) is 0 Å². The summed E-state index contributed by atoms with van der Waals surface area (Å²) in [5.74, 6) is 1.30. The molecule has 0 atom stereocenters. The van der Waals surface area contributed by atoms with E-state index in [0.29, 0.717) is 28.5 Å². The number of amides is 2. The van der Waals surface area contributed by atoms with Crippen molar-refractivity contribution in [3.05, 3.63) is 82.9 Å². The zero-order chi connectivity index (χ0) is 24.8. The summed E-state index contributed by atoms with van der Waals surface area (Å²) in [6.07, 6.45) is 0.425. The molecule has 2 amide bonds. The van der Waals surface area contributed by atoms with Crippen molar-refractivity contribution in [3.8, 4) is 17.2 Å². The van der Waals surface area contributed by atoms with Gasteiger partial charge in [0.05, 0.1) is 14.2 Å². The van der Waals surface area contributed by atoms with Crippen LogP contribution in [0.3, 0.4) is 0 Å². The SMILES string of the molecule is COc1ccc(C(=O)NCc2cccc(NC(=O)Oc3ccc4c(c3)CN(C)CC4)c2)cc1OC. The maximum absolute atomic E-state index is 12.6. The topological polar surface area (TPSA) is 89.1 Å². The summed E-state index contributed by atoms with van der Waals surface area (Å²) < 4.78 is 16.0. The van der Waals surface area contributed by atoms with E-state index >= 15 is 0 Å². The van der Waals surface area contributed by atoms with Crippen LogP contribution in [-0.2, 0) is 19.5 Å². The Labute approximate surface area is 204 Å². The first kappa shape index (κ1) is 24.1. The van der Waals surface area contributed by atoms with E-state index in [1.165, 1.54) is 18.2 Å². The van der Waals surface area contributed by atoms with Crippen LogP contribution in [0.4, 0.5) is 10.5 Å². The maximum Gasteiger partial charge on any atom is 0.417 e. The van der Waals surface area contributed by atoms with Crippen LogP contribution in [0, 0.1) is 0 Å². The normalized spacial score (nSPS) is 12.9. The lowest BCUT2D eigenvalue weighted by molar-refractivity contribution is 0.0950. The van der Waals surface area contributed by atoms with Crippen molar-refractivity contribution in [2.75, 3.05) is 33.1 Å². The van der Waals surface area contributed by atoms with Gasteiger partial charge in [-0.05, 0) is 72.6 Å². The molecule has 0 saturated carbocycles. The number of methoxy groups -OCH3 is 2. The number of nitrogens with one attached hydrogen (secondary N) is 2. The summed E-state index contributed by atoms with van der Waals surface area (Å²) in [5.41, 5.74) is 4.32. The lowest BCUT2D eigenvalue weighted by Gasteiger charge is -2.25. The van der Waals surface area contributed by atoms with Crippen LogP contribution >= 0.6 is 0 Å². The van der Waals surface area contributed by atoms with Gasteiger partial charge in [0.15, 0.2) is 11.5 Å². The molecule has 3 aromatic rings. The van der Waals surface area contributed by atoms with Crippen LogP contribution in [0.1, 0.15) is 27.0 Å². The van der Waals surface area contributed by atoms with Crippen LogP contribution in [0.5, 0.6) is 17.2 Å². The van der Waals surface area contributed by atoms with Crippen LogP contribution in [0.2, 0.25) is 0 Å².